The van der Waals surface area contributed by atoms with E-state index < -0.39 is 23.6 Å². The average Bonchev–Trinajstić information content (AvgIpc) is 3.44. The van der Waals surface area contributed by atoms with Gasteiger partial charge in [0.25, 0.3) is 11.8 Å². The monoisotopic (exact) mass is 600 g/mol. The Morgan fingerprint density at radius 2 is 1.76 bits per heavy atom. The summed E-state index contributed by atoms with van der Waals surface area (Å²) in [5.74, 6) is -1.000. The Kier molecular flexibility index (Phi) is 8.39. The smallest absolute Gasteiger partial charge is 0.416 e. The standard InChI is InChI=1S/C29H28ClF3N6O3/c1-38-7-9-39(10-8-38)16-17-3-4-19(14-24(17)29(31,32)33)36-27(40)18-11-20(13-21(12-18)42-2)37-28(41)23-15-35-26-22(25(23)30)5-6-34-26/h3-6,11-15H,7-10,16H2,1-2H3,(H,34,35)(H,36,40)(H,37,41). The third-order valence-electron chi connectivity index (χ3n) is 7.09. The molecule has 13 heteroatoms. The number of H-pyrrole nitrogens is 1. The second kappa shape index (κ2) is 12.0. The van der Waals surface area contributed by atoms with Gasteiger partial charge in [-0.25, -0.2) is 4.98 Å². The van der Waals surface area contributed by atoms with Gasteiger partial charge in [0.05, 0.1) is 23.3 Å². The number of rotatable bonds is 7. The number of nitrogens with zero attached hydrogens (tertiary/aromatic N) is 3. The quantitative estimate of drug-likeness (QED) is 0.259. The van der Waals surface area contributed by atoms with Crippen LogP contribution in [0.1, 0.15) is 31.8 Å². The van der Waals surface area contributed by atoms with Crippen molar-refractivity contribution < 1.29 is 27.5 Å². The van der Waals surface area contributed by atoms with E-state index in [1.165, 1.54) is 43.6 Å². The highest BCUT2D eigenvalue weighted by atomic mass is 35.5. The van der Waals surface area contributed by atoms with Gasteiger partial charge in [0.2, 0.25) is 0 Å². The van der Waals surface area contributed by atoms with Gasteiger partial charge in [0, 0.05) is 73.5 Å². The van der Waals surface area contributed by atoms with Crippen LogP contribution in [0.4, 0.5) is 24.5 Å². The first kappa shape index (κ1) is 29.4. The highest BCUT2D eigenvalue weighted by Gasteiger charge is 2.34. The zero-order valence-corrected chi connectivity index (χ0v) is 23.6. The normalized spacial score (nSPS) is 14.6. The minimum Gasteiger partial charge on any atom is -0.497 e. The van der Waals surface area contributed by atoms with Gasteiger partial charge in [-0.05, 0) is 42.9 Å². The van der Waals surface area contributed by atoms with Gasteiger partial charge >= 0.3 is 6.18 Å². The van der Waals surface area contributed by atoms with Crippen molar-refractivity contribution in [2.45, 2.75) is 12.7 Å². The Balaban J connectivity index is 1.35. The molecule has 9 nitrogen and oxygen atoms in total. The third kappa shape index (κ3) is 6.51. The van der Waals surface area contributed by atoms with E-state index in [0.717, 1.165) is 19.2 Å². The lowest BCUT2D eigenvalue weighted by atomic mass is 10.0. The fraction of sp³-hybridized carbons (Fsp3) is 0.276. The number of aromatic nitrogens is 2. The Labute approximate surface area is 244 Å². The number of likely N-dealkylation sites (N-methyl/N-ethyl adjacent to an activating group) is 1. The number of benzene rings is 2. The second-order valence-corrected chi connectivity index (χ2v) is 10.4. The molecule has 42 heavy (non-hydrogen) atoms. The number of alkyl halides is 3. The number of piperazine rings is 1. The zero-order chi connectivity index (χ0) is 30.0. The Bertz CT molecular complexity index is 1630. The van der Waals surface area contributed by atoms with Crippen LogP contribution in [0.3, 0.4) is 0 Å². The minimum absolute atomic E-state index is 0.0134. The number of ether oxygens (including phenoxy) is 1. The van der Waals surface area contributed by atoms with Crippen LogP contribution in [-0.4, -0.2) is 71.9 Å². The number of nitrogens with one attached hydrogen (secondary N) is 3. The average molecular weight is 601 g/mol. The van der Waals surface area contributed by atoms with E-state index in [1.54, 1.807) is 12.3 Å². The van der Waals surface area contributed by atoms with E-state index in [0.29, 0.717) is 24.1 Å². The number of halogens is 4. The summed E-state index contributed by atoms with van der Waals surface area (Å²) in [6, 6.07) is 9.79. The number of carbonyl (C=O) groups is 2. The molecule has 220 valence electrons. The van der Waals surface area contributed by atoms with Gasteiger partial charge in [-0.15, -0.1) is 0 Å². The zero-order valence-electron chi connectivity index (χ0n) is 22.8. The fourth-order valence-electron chi connectivity index (χ4n) is 4.76. The molecule has 1 aliphatic rings. The first-order chi connectivity index (χ1) is 20.0. The van der Waals surface area contributed by atoms with Crippen molar-refractivity contribution in [1.82, 2.24) is 19.8 Å². The maximum absolute atomic E-state index is 14.0. The van der Waals surface area contributed by atoms with Crippen LogP contribution in [0.25, 0.3) is 11.0 Å². The molecule has 0 aliphatic carbocycles. The number of fused-ring (bicyclic) bond motifs is 1. The summed E-state index contributed by atoms with van der Waals surface area (Å²) in [4.78, 5) is 37.3. The summed E-state index contributed by atoms with van der Waals surface area (Å²) < 4.78 is 47.3. The van der Waals surface area contributed by atoms with Gasteiger partial charge in [-0.1, -0.05) is 17.7 Å². The Morgan fingerprint density at radius 3 is 2.48 bits per heavy atom. The van der Waals surface area contributed by atoms with Gasteiger partial charge in [-0.2, -0.15) is 13.2 Å². The van der Waals surface area contributed by atoms with Crippen LogP contribution in [0, 0.1) is 0 Å². The van der Waals surface area contributed by atoms with Crippen molar-refractivity contribution in [3.05, 3.63) is 82.1 Å². The lowest BCUT2D eigenvalue weighted by Crippen LogP contribution is -2.44. The van der Waals surface area contributed by atoms with Crippen LogP contribution in [0.15, 0.2) is 54.9 Å². The first-order valence-electron chi connectivity index (χ1n) is 13.1. The maximum Gasteiger partial charge on any atom is 0.416 e. The van der Waals surface area contributed by atoms with Crippen molar-refractivity contribution in [1.29, 1.82) is 0 Å². The van der Waals surface area contributed by atoms with E-state index in [9.17, 15) is 22.8 Å². The molecule has 1 saturated heterocycles. The number of aromatic amines is 1. The predicted octanol–water partition coefficient (Wildman–Crippen LogP) is 5.50. The summed E-state index contributed by atoms with van der Waals surface area (Å²) in [5.41, 5.74) is 0.246. The van der Waals surface area contributed by atoms with Crippen molar-refractivity contribution in [2.24, 2.45) is 0 Å². The Morgan fingerprint density at radius 1 is 1.02 bits per heavy atom. The number of anilines is 2. The SMILES string of the molecule is COc1cc(NC(=O)c2cnc3[nH]ccc3c2Cl)cc(C(=O)Nc2ccc(CN3CCN(C)CC3)c(C(F)(F)F)c2)c1. The van der Waals surface area contributed by atoms with Gasteiger partial charge in [0.15, 0.2) is 0 Å². The van der Waals surface area contributed by atoms with Crippen LogP contribution < -0.4 is 15.4 Å². The molecule has 4 aromatic rings. The summed E-state index contributed by atoms with van der Waals surface area (Å²) in [7, 11) is 3.37. The lowest BCUT2D eigenvalue weighted by molar-refractivity contribution is -0.138. The van der Waals surface area contributed by atoms with Gasteiger partial charge in [0.1, 0.15) is 11.4 Å². The second-order valence-electron chi connectivity index (χ2n) is 10.0. The van der Waals surface area contributed by atoms with E-state index in [2.05, 4.69) is 25.5 Å². The summed E-state index contributed by atoms with van der Waals surface area (Å²) in [6.45, 7) is 3.07. The number of carbonyl (C=O) groups excluding carboxylic acids is 2. The van der Waals surface area contributed by atoms with Gasteiger partial charge in [-0.3, -0.25) is 14.5 Å². The van der Waals surface area contributed by atoms with Crippen LogP contribution in [0.2, 0.25) is 5.02 Å². The third-order valence-corrected chi connectivity index (χ3v) is 7.50. The summed E-state index contributed by atoms with van der Waals surface area (Å²) in [6.07, 6.45) is -1.62. The van der Waals surface area contributed by atoms with Crippen molar-refractivity contribution >= 4 is 45.8 Å². The van der Waals surface area contributed by atoms with Crippen LogP contribution in [0.5, 0.6) is 5.75 Å². The lowest BCUT2D eigenvalue weighted by Gasteiger charge is -2.33. The molecule has 5 rings (SSSR count). The van der Waals surface area contributed by atoms with Crippen molar-refractivity contribution in [3.8, 4) is 5.75 Å². The molecule has 3 heterocycles. The van der Waals surface area contributed by atoms with E-state index in [-0.39, 0.29) is 45.4 Å². The number of pyridine rings is 1. The molecule has 0 bridgehead atoms. The highest BCUT2D eigenvalue weighted by molar-refractivity contribution is 6.38. The van der Waals surface area contributed by atoms with E-state index in [1.807, 2.05) is 11.9 Å². The molecule has 0 spiro atoms. The van der Waals surface area contributed by atoms with E-state index in [4.69, 9.17) is 16.3 Å². The topological polar surface area (TPSA) is 103 Å². The molecule has 1 fully saturated rings. The molecular formula is C29H28ClF3N6O3. The largest absolute Gasteiger partial charge is 0.497 e. The van der Waals surface area contributed by atoms with Crippen LogP contribution in [-0.2, 0) is 12.7 Å². The van der Waals surface area contributed by atoms with E-state index >= 15 is 0 Å². The van der Waals surface area contributed by atoms with Crippen molar-refractivity contribution in [3.63, 3.8) is 0 Å². The molecule has 0 unspecified atom stereocenters. The molecule has 0 saturated carbocycles. The summed E-state index contributed by atoms with van der Waals surface area (Å²) >= 11 is 6.40. The number of amides is 2. The maximum atomic E-state index is 14.0. The minimum atomic E-state index is -4.60. The predicted molar refractivity (Wildman–Crippen MR) is 154 cm³/mol. The van der Waals surface area contributed by atoms with Gasteiger partial charge < -0.3 is 25.3 Å². The fourth-order valence-corrected chi connectivity index (χ4v) is 5.05. The number of methoxy groups -OCH3 is 1. The van der Waals surface area contributed by atoms with Crippen LogP contribution >= 0.6 is 11.6 Å². The molecule has 0 radical (unpaired) electrons. The number of hydrogen-bond donors (Lipinski definition) is 3. The molecule has 3 N–H and O–H groups in total. The molecule has 2 amide bonds. The first-order valence-corrected chi connectivity index (χ1v) is 13.4. The molecule has 2 aromatic carbocycles. The number of hydrogen-bond acceptors (Lipinski definition) is 6. The Hall–Kier alpha value is -4.13. The summed E-state index contributed by atoms with van der Waals surface area (Å²) in [5, 5.41) is 5.99. The van der Waals surface area contributed by atoms with Crippen molar-refractivity contribution in [2.75, 3.05) is 51.0 Å². The molecule has 2 aromatic heterocycles. The highest BCUT2D eigenvalue weighted by Crippen LogP contribution is 2.35. The molecule has 0 atom stereocenters. The molecular weight excluding hydrogens is 573 g/mol. The molecule has 1 aliphatic heterocycles.